The Hall–Kier alpha value is -1.31. The van der Waals surface area contributed by atoms with Crippen molar-refractivity contribution >= 4 is 21.8 Å². The highest BCUT2D eigenvalue weighted by Gasteiger charge is 2.36. The van der Waals surface area contributed by atoms with Crippen molar-refractivity contribution in [2.75, 3.05) is 31.1 Å². The van der Waals surface area contributed by atoms with Gasteiger partial charge in [0.05, 0.1) is 24.0 Å². The summed E-state index contributed by atoms with van der Waals surface area (Å²) in [5, 5.41) is 8.84. The number of sulfone groups is 1. The minimum atomic E-state index is -3.26. The fourth-order valence-electron chi connectivity index (χ4n) is 2.18. The fourth-order valence-corrected chi connectivity index (χ4v) is 3.71. The summed E-state index contributed by atoms with van der Waals surface area (Å²) in [6, 6.07) is -1.06. The SMILES string of the molecule is CCN(CC)C(=O)N1CCS(=O)(=O)CC1CC(=O)O. The Balaban J connectivity index is 2.90. The summed E-state index contributed by atoms with van der Waals surface area (Å²) < 4.78 is 23.2. The Morgan fingerprint density at radius 2 is 1.89 bits per heavy atom. The maximum Gasteiger partial charge on any atom is 0.320 e. The second kappa shape index (κ2) is 6.23. The van der Waals surface area contributed by atoms with Crippen molar-refractivity contribution in [2.45, 2.75) is 26.3 Å². The number of amides is 2. The molecule has 0 aliphatic carbocycles. The van der Waals surface area contributed by atoms with Crippen molar-refractivity contribution in [2.24, 2.45) is 0 Å². The molecule has 0 aromatic heterocycles. The van der Waals surface area contributed by atoms with Crippen molar-refractivity contribution in [1.29, 1.82) is 0 Å². The van der Waals surface area contributed by atoms with Crippen LogP contribution in [0.3, 0.4) is 0 Å². The molecular weight excluding hydrogens is 272 g/mol. The number of rotatable bonds is 4. The first-order valence-electron chi connectivity index (χ1n) is 6.28. The molecule has 19 heavy (non-hydrogen) atoms. The topological polar surface area (TPSA) is 95.0 Å². The van der Waals surface area contributed by atoms with Crippen molar-refractivity contribution < 1.29 is 23.1 Å². The number of carboxylic acids is 1. The molecule has 1 fully saturated rings. The molecule has 1 unspecified atom stereocenters. The van der Waals surface area contributed by atoms with Gasteiger partial charge in [0.25, 0.3) is 0 Å². The minimum absolute atomic E-state index is 0.0651. The first kappa shape index (κ1) is 15.7. The van der Waals surface area contributed by atoms with Crippen LogP contribution in [-0.4, -0.2) is 72.5 Å². The normalized spacial score (nSPS) is 22.0. The van der Waals surface area contributed by atoms with E-state index in [1.54, 1.807) is 4.90 Å². The number of carboxylic acid groups (broad SMARTS) is 1. The minimum Gasteiger partial charge on any atom is -0.481 e. The molecule has 0 spiro atoms. The summed E-state index contributed by atoms with van der Waals surface area (Å²) in [6.07, 6.45) is -0.341. The molecule has 1 N–H and O–H groups in total. The predicted octanol–water partition coefficient (Wildman–Crippen LogP) is 0.0219. The van der Waals surface area contributed by atoms with E-state index in [1.165, 1.54) is 4.90 Å². The average molecular weight is 292 g/mol. The van der Waals surface area contributed by atoms with Gasteiger partial charge in [-0.1, -0.05) is 0 Å². The fraction of sp³-hybridized carbons (Fsp3) is 0.818. The van der Waals surface area contributed by atoms with E-state index in [1.807, 2.05) is 13.8 Å². The molecule has 8 heteroatoms. The third-order valence-electron chi connectivity index (χ3n) is 3.22. The van der Waals surface area contributed by atoms with Gasteiger partial charge in [0.2, 0.25) is 0 Å². The van der Waals surface area contributed by atoms with Crippen LogP contribution >= 0.6 is 0 Å². The van der Waals surface area contributed by atoms with Crippen molar-refractivity contribution in [1.82, 2.24) is 9.80 Å². The lowest BCUT2D eigenvalue weighted by Gasteiger charge is -2.37. The van der Waals surface area contributed by atoms with Gasteiger partial charge in [0.15, 0.2) is 9.84 Å². The first-order chi connectivity index (χ1) is 8.80. The summed E-state index contributed by atoms with van der Waals surface area (Å²) in [6.45, 7) is 4.74. The van der Waals surface area contributed by atoms with Crippen LogP contribution in [0.2, 0.25) is 0 Å². The van der Waals surface area contributed by atoms with Crippen LogP contribution in [0.5, 0.6) is 0 Å². The first-order valence-corrected chi connectivity index (χ1v) is 8.10. The zero-order valence-corrected chi connectivity index (χ0v) is 12.0. The van der Waals surface area contributed by atoms with E-state index in [-0.39, 0.29) is 30.5 Å². The van der Waals surface area contributed by atoms with Gasteiger partial charge in [-0.2, -0.15) is 0 Å². The zero-order chi connectivity index (χ0) is 14.6. The molecule has 0 saturated carbocycles. The quantitative estimate of drug-likeness (QED) is 0.788. The van der Waals surface area contributed by atoms with Gasteiger partial charge in [-0.25, -0.2) is 13.2 Å². The predicted molar refractivity (Wildman–Crippen MR) is 69.7 cm³/mol. The number of hydrogen-bond donors (Lipinski definition) is 1. The molecule has 0 aromatic carbocycles. The van der Waals surface area contributed by atoms with Crippen LogP contribution < -0.4 is 0 Å². The van der Waals surface area contributed by atoms with Gasteiger partial charge in [-0.3, -0.25) is 4.79 Å². The van der Waals surface area contributed by atoms with Gasteiger partial charge in [-0.05, 0) is 13.8 Å². The molecule has 1 aliphatic heterocycles. The molecule has 1 heterocycles. The van der Waals surface area contributed by atoms with Crippen LogP contribution in [0.1, 0.15) is 20.3 Å². The average Bonchev–Trinajstić information content (AvgIpc) is 2.28. The molecule has 1 saturated heterocycles. The number of carbonyl (C=O) groups excluding carboxylic acids is 1. The lowest BCUT2D eigenvalue weighted by atomic mass is 10.2. The maximum atomic E-state index is 12.2. The van der Waals surface area contributed by atoms with Gasteiger partial charge in [-0.15, -0.1) is 0 Å². The molecule has 1 rings (SSSR count). The number of hydrogen-bond acceptors (Lipinski definition) is 4. The van der Waals surface area contributed by atoms with E-state index in [2.05, 4.69) is 0 Å². The number of aliphatic carboxylic acids is 1. The van der Waals surface area contributed by atoms with E-state index < -0.39 is 21.8 Å². The highest BCUT2D eigenvalue weighted by atomic mass is 32.2. The van der Waals surface area contributed by atoms with Crippen LogP contribution in [-0.2, 0) is 14.6 Å². The Morgan fingerprint density at radius 1 is 1.32 bits per heavy atom. The second-order valence-electron chi connectivity index (χ2n) is 4.51. The van der Waals surface area contributed by atoms with Crippen molar-refractivity contribution in [3.63, 3.8) is 0 Å². The Bertz CT molecular complexity index is 444. The van der Waals surface area contributed by atoms with E-state index in [4.69, 9.17) is 5.11 Å². The largest absolute Gasteiger partial charge is 0.481 e. The Morgan fingerprint density at radius 3 is 2.37 bits per heavy atom. The molecule has 0 aromatic rings. The summed E-state index contributed by atoms with van der Waals surface area (Å²) in [7, 11) is -3.26. The van der Waals surface area contributed by atoms with Gasteiger partial charge >= 0.3 is 12.0 Å². The highest BCUT2D eigenvalue weighted by Crippen LogP contribution is 2.17. The number of carbonyl (C=O) groups is 2. The molecule has 1 atom stereocenters. The summed E-state index contributed by atoms with van der Waals surface area (Å²) in [4.78, 5) is 26.0. The summed E-state index contributed by atoms with van der Waals surface area (Å²) in [5.41, 5.74) is 0. The third kappa shape index (κ3) is 4.09. The number of urea groups is 1. The Kier molecular flexibility index (Phi) is 5.16. The van der Waals surface area contributed by atoms with Crippen molar-refractivity contribution in [3.05, 3.63) is 0 Å². The molecule has 110 valence electrons. The number of nitrogens with zero attached hydrogens (tertiary/aromatic N) is 2. The van der Waals surface area contributed by atoms with Gasteiger partial charge in [0, 0.05) is 19.6 Å². The maximum absolute atomic E-state index is 12.2. The smallest absolute Gasteiger partial charge is 0.320 e. The van der Waals surface area contributed by atoms with Crippen LogP contribution in [0.15, 0.2) is 0 Å². The lowest BCUT2D eigenvalue weighted by molar-refractivity contribution is -0.138. The van der Waals surface area contributed by atoms with Gasteiger partial charge in [0.1, 0.15) is 0 Å². The molecule has 2 amide bonds. The zero-order valence-electron chi connectivity index (χ0n) is 11.2. The molecule has 0 bridgehead atoms. The molecular formula is C11H20N2O5S. The summed E-state index contributed by atoms with van der Waals surface area (Å²) in [5.74, 6) is -1.47. The molecule has 0 radical (unpaired) electrons. The highest BCUT2D eigenvalue weighted by molar-refractivity contribution is 7.91. The monoisotopic (exact) mass is 292 g/mol. The van der Waals surface area contributed by atoms with E-state index in [9.17, 15) is 18.0 Å². The lowest BCUT2D eigenvalue weighted by Crippen LogP contribution is -2.55. The van der Waals surface area contributed by atoms with Crippen LogP contribution in [0.25, 0.3) is 0 Å². The van der Waals surface area contributed by atoms with Crippen LogP contribution in [0.4, 0.5) is 4.79 Å². The Labute approximate surface area is 113 Å². The van der Waals surface area contributed by atoms with Gasteiger partial charge < -0.3 is 14.9 Å². The molecule has 1 aliphatic rings. The van der Waals surface area contributed by atoms with E-state index in [0.717, 1.165) is 0 Å². The van der Waals surface area contributed by atoms with E-state index in [0.29, 0.717) is 13.1 Å². The molecule has 7 nitrogen and oxygen atoms in total. The standard InChI is InChI=1S/C11H20N2O5S/c1-3-12(4-2)11(16)13-5-6-19(17,18)8-9(13)7-10(14)15/h9H,3-8H2,1-2H3,(H,14,15). The van der Waals surface area contributed by atoms with E-state index >= 15 is 0 Å². The third-order valence-corrected chi connectivity index (χ3v) is 4.92. The second-order valence-corrected chi connectivity index (χ2v) is 6.74. The van der Waals surface area contributed by atoms with Crippen molar-refractivity contribution in [3.8, 4) is 0 Å². The van der Waals surface area contributed by atoms with Crippen LogP contribution in [0, 0.1) is 0 Å². The summed E-state index contributed by atoms with van der Waals surface area (Å²) >= 11 is 0.